The van der Waals surface area contributed by atoms with Crippen LogP contribution in [0.25, 0.3) is 6.20 Å². The quantitative estimate of drug-likeness (QED) is 0.486. The van der Waals surface area contributed by atoms with Crippen LogP contribution < -0.4 is 5.43 Å². The highest BCUT2D eigenvalue weighted by Gasteiger charge is 2.29. The topological polar surface area (TPSA) is 71.8 Å². The number of carbonyl (C=O) groups excluding carboxylic acids is 1. The first kappa shape index (κ1) is 21.2. The molecule has 1 aliphatic rings. The molecule has 138 valence electrons. The predicted molar refractivity (Wildman–Crippen MR) is 101 cm³/mol. The van der Waals surface area contributed by atoms with Crippen molar-refractivity contribution in [1.29, 1.82) is 0 Å². The maximum atomic E-state index is 11.9. The van der Waals surface area contributed by atoms with Gasteiger partial charge in [0, 0.05) is 5.69 Å². The molecule has 7 nitrogen and oxygen atoms in total. The molecule has 1 aromatic heterocycles. The van der Waals surface area contributed by atoms with Crippen molar-refractivity contribution in [1.82, 2.24) is 20.2 Å². The molecule has 0 aliphatic carbocycles. The zero-order chi connectivity index (χ0) is 19.1. The summed E-state index contributed by atoms with van der Waals surface area (Å²) in [6, 6.07) is 1.93. The minimum absolute atomic E-state index is 0.233. The molecule has 2 rings (SSSR count). The first-order valence-electron chi connectivity index (χ1n) is 7.79. The van der Waals surface area contributed by atoms with Crippen LogP contribution in [0.1, 0.15) is 32.2 Å². The molecule has 0 bridgehead atoms. The third kappa shape index (κ3) is 5.32. The molecule has 0 spiro atoms. The molecule has 0 saturated heterocycles. The van der Waals surface area contributed by atoms with Gasteiger partial charge in [-0.15, -0.1) is 0 Å². The third-order valence-corrected chi connectivity index (χ3v) is 3.43. The number of hydrazine groups is 1. The Bertz CT molecular complexity index is 718. The maximum absolute atomic E-state index is 11.9. The standard InChI is InChI=1S/C14H17Cl2N5O2.C2H6/c1-8-5-9(2)20(19-8)7-12(16)21-13(18-10(3)15)11(6-17-21)14(22)23-4;1-2/h5,7,17H,6H2,1-4H3;1-2H3/b12-7+,18-10+;. The molecular weight excluding hydrogens is 365 g/mol. The number of aryl methyl sites for hydroxylation is 2. The Morgan fingerprint density at radius 1 is 1.40 bits per heavy atom. The number of methoxy groups -OCH3 is 1. The van der Waals surface area contributed by atoms with Crippen LogP contribution in [0.5, 0.6) is 0 Å². The fourth-order valence-electron chi connectivity index (χ4n) is 2.11. The second-order valence-electron chi connectivity index (χ2n) is 4.90. The number of aliphatic imine (C=N–C) groups is 1. The number of nitrogens with zero attached hydrogens (tertiary/aromatic N) is 4. The number of ether oxygens (including phenoxy) is 1. The van der Waals surface area contributed by atoms with Crippen LogP contribution >= 0.6 is 23.2 Å². The van der Waals surface area contributed by atoms with E-state index in [9.17, 15) is 4.79 Å². The van der Waals surface area contributed by atoms with Crippen LogP contribution in [0, 0.1) is 13.8 Å². The minimum atomic E-state index is -0.493. The molecule has 9 heteroatoms. The fraction of sp³-hybridized carbons (Fsp3) is 0.438. The van der Waals surface area contributed by atoms with E-state index in [1.807, 2.05) is 33.8 Å². The summed E-state index contributed by atoms with van der Waals surface area (Å²) in [6.07, 6.45) is 1.62. The molecule has 1 N–H and O–H groups in total. The fourth-order valence-corrected chi connectivity index (χ4v) is 2.42. The molecule has 0 radical (unpaired) electrons. The van der Waals surface area contributed by atoms with Crippen LogP contribution in [0.2, 0.25) is 0 Å². The van der Waals surface area contributed by atoms with Gasteiger partial charge in [-0.05, 0) is 26.8 Å². The smallest absolute Gasteiger partial charge is 0.338 e. The molecule has 1 aliphatic heterocycles. The Balaban J connectivity index is 0.00000151. The molecular formula is C16H23Cl2N5O2. The van der Waals surface area contributed by atoms with Gasteiger partial charge in [-0.1, -0.05) is 37.0 Å². The van der Waals surface area contributed by atoms with E-state index in [0.29, 0.717) is 11.4 Å². The average molecular weight is 388 g/mol. The Hall–Kier alpha value is -1.83. The molecule has 0 atom stereocenters. The van der Waals surface area contributed by atoms with Gasteiger partial charge in [0.25, 0.3) is 0 Å². The van der Waals surface area contributed by atoms with Crippen molar-refractivity contribution in [3.63, 3.8) is 0 Å². The number of halogens is 2. The number of aromatic nitrogens is 2. The summed E-state index contributed by atoms with van der Waals surface area (Å²) < 4.78 is 6.40. The highest BCUT2D eigenvalue weighted by Crippen LogP contribution is 2.25. The van der Waals surface area contributed by atoms with Crippen molar-refractivity contribution in [3.8, 4) is 0 Å². The van der Waals surface area contributed by atoms with Gasteiger partial charge in [-0.3, -0.25) is 0 Å². The van der Waals surface area contributed by atoms with Gasteiger partial charge in [0.15, 0.2) is 5.82 Å². The molecule has 1 aromatic rings. The summed E-state index contributed by atoms with van der Waals surface area (Å²) in [5.41, 5.74) is 5.12. The van der Waals surface area contributed by atoms with Crippen LogP contribution in [0.3, 0.4) is 0 Å². The number of nitrogens with one attached hydrogen (secondary N) is 1. The molecule has 0 fully saturated rings. The van der Waals surface area contributed by atoms with Gasteiger partial charge >= 0.3 is 5.97 Å². The van der Waals surface area contributed by atoms with Gasteiger partial charge in [-0.2, -0.15) is 5.10 Å². The van der Waals surface area contributed by atoms with Crippen LogP contribution in [0.15, 0.2) is 27.6 Å². The summed E-state index contributed by atoms with van der Waals surface area (Å²) in [4.78, 5) is 16.0. The van der Waals surface area contributed by atoms with E-state index in [-0.39, 0.29) is 16.9 Å². The number of carbonyl (C=O) groups is 1. The zero-order valence-corrected chi connectivity index (χ0v) is 16.7. The van der Waals surface area contributed by atoms with Gasteiger partial charge in [0.05, 0.1) is 31.1 Å². The Kier molecular flexibility index (Phi) is 8.15. The second kappa shape index (κ2) is 9.60. The summed E-state index contributed by atoms with van der Waals surface area (Å²) >= 11 is 12.2. The van der Waals surface area contributed by atoms with E-state index in [1.54, 1.807) is 17.8 Å². The van der Waals surface area contributed by atoms with Crippen molar-refractivity contribution in [2.75, 3.05) is 13.7 Å². The first-order valence-corrected chi connectivity index (χ1v) is 8.55. The third-order valence-electron chi connectivity index (χ3n) is 3.07. The zero-order valence-electron chi connectivity index (χ0n) is 15.2. The van der Waals surface area contributed by atoms with Crippen LogP contribution in [-0.2, 0) is 9.53 Å². The maximum Gasteiger partial charge on any atom is 0.338 e. The van der Waals surface area contributed by atoms with Gasteiger partial charge < -0.3 is 4.74 Å². The molecule has 0 saturated carbocycles. The monoisotopic (exact) mass is 387 g/mol. The van der Waals surface area contributed by atoms with Crippen molar-refractivity contribution >= 4 is 40.5 Å². The van der Waals surface area contributed by atoms with E-state index in [0.717, 1.165) is 11.4 Å². The van der Waals surface area contributed by atoms with Gasteiger partial charge in [-0.25, -0.2) is 24.9 Å². The van der Waals surface area contributed by atoms with Crippen LogP contribution in [0.4, 0.5) is 0 Å². The van der Waals surface area contributed by atoms with E-state index < -0.39 is 5.97 Å². The van der Waals surface area contributed by atoms with Crippen LogP contribution in [-0.4, -0.2) is 39.6 Å². The molecule has 0 unspecified atom stereocenters. The van der Waals surface area contributed by atoms with E-state index >= 15 is 0 Å². The SMILES string of the molecule is CC.COC(=O)C1=C(/N=C(\C)Cl)N(/C(Cl)=C/n2nc(C)cc2C)NC1. The normalized spacial score (nSPS) is 15.3. The lowest BCUT2D eigenvalue weighted by Crippen LogP contribution is -2.29. The number of hydrogen-bond donors (Lipinski definition) is 1. The van der Waals surface area contributed by atoms with Crippen molar-refractivity contribution < 1.29 is 9.53 Å². The van der Waals surface area contributed by atoms with E-state index in [2.05, 4.69) is 15.5 Å². The lowest BCUT2D eigenvalue weighted by atomic mass is 10.3. The van der Waals surface area contributed by atoms with Crippen molar-refractivity contribution in [3.05, 3.63) is 34.0 Å². The van der Waals surface area contributed by atoms with Gasteiger partial charge in [0.2, 0.25) is 0 Å². The molecule has 0 aromatic carbocycles. The summed E-state index contributed by atoms with van der Waals surface area (Å²) in [7, 11) is 1.31. The summed E-state index contributed by atoms with van der Waals surface area (Å²) in [5, 5.41) is 6.33. The predicted octanol–water partition coefficient (Wildman–Crippen LogP) is 3.38. The largest absolute Gasteiger partial charge is 0.466 e. The summed E-state index contributed by atoms with van der Waals surface area (Å²) in [5.74, 6) is -0.195. The Morgan fingerprint density at radius 2 is 2.04 bits per heavy atom. The highest BCUT2D eigenvalue weighted by molar-refractivity contribution is 6.64. The van der Waals surface area contributed by atoms with Crippen molar-refractivity contribution in [2.24, 2.45) is 4.99 Å². The number of hydrogen-bond acceptors (Lipinski definition) is 6. The second-order valence-corrected chi connectivity index (χ2v) is 5.83. The van der Waals surface area contributed by atoms with E-state index in [1.165, 1.54) is 12.1 Å². The molecule has 2 heterocycles. The lowest BCUT2D eigenvalue weighted by Gasteiger charge is -2.18. The highest BCUT2D eigenvalue weighted by atomic mass is 35.5. The number of rotatable bonds is 4. The first-order chi connectivity index (χ1) is 11.8. The van der Waals surface area contributed by atoms with E-state index in [4.69, 9.17) is 27.9 Å². The molecule has 0 amide bonds. The number of esters is 1. The average Bonchev–Trinajstić information content (AvgIpc) is 3.11. The summed E-state index contributed by atoms with van der Waals surface area (Å²) in [6.45, 7) is 9.65. The van der Waals surface area contributed by atoms with Crippen molar-refractivity contribution in [2.45, 2.75) is 34.6 Å². The Labute approximate surface area is 157 Å². The Morgan fingerprint density at radius 3 is 2.52 bits per heavy atom. The lowest BCUT2D eigenvalue weighted by molar-refractivity contribution is -0.136. The minimum Gasteiger partial charge on any atom is -0.466 e. The van der Waals surface area contributed by atoms with Gasteiger partial charge in [0.1, 0.15) is 10.3 Å². The molecule has 25 heavy (non-hydrogen) atoms.